The number of para-hydroxylation sites is 2. The lowest BCUT2D eigenvalue weighted by Gasteiger charge is -2.17. The fourth-order valence-electron chi connectivity index (χ4n) is 4.09. The summed E-state index contributed by atoms with van der Waals surface area (Å²) in [5.41, 5.74) is 1.13. The summed E-state index contributed by atoms with van der Waals surface area (Å²) in [7, 11) is 0. The van der Waals surface area contributed by atoms with E-state index in [9.17, 15) is 14.4 Å². The molecule has 0 saturated heterocycles. The summed E-state index contributed by atoms with van der Waals surface area (Å²) in [4.78, 5) is 43.0. The van der Waals surface area contributed by atoms with Crippen LogP contribution in [0.2, 0.25) is 0 Å². The summed E-state index contributed by atoms with van der Waals surface area (Å²) in [5, 5.41) is 3.21. The summed E-state index contributed by atoms with van der Waals surface area (Å²) in [6.07, 6.45) is 3.87. The third kappa shape index (κ3) is 5.11. The van der Waals surface area contributed by atoms with Crippen molar-refractivity contribution in [3.8, 4) is 5.75 Å². The summed E-state index contributed by atoms with van der Waals surface area (Å²) in [6.45, 7) is 4.49. The van der Waals surface area contributed by atoms with Crippen molar-refractivity contribution in [2.24, 2.45) is 0 Å². The van der Waals surface area contributed by atoms with Gasteiger partial charge in [0, 0.05) is 13.0 Å². The Morgan fingerprint density at radius 3 is 2.74 bits per heavy atom. The zero-order valence-electron chi connectivity index (χ0n) is 19.5. The van der Waals surface area contributed by atoms with Gasteiger partial charge in [-0.1, -0.05) is 25.0 Å². The van der Waals surface area contributed by atoms with Gasteiger partial charge in [0.15, 0.2) is 6.10 Å². The van der Waals surface area contributed by atoms with E-state index in [1.165, 1.54) is 6.92 Å². The number of esters is 1. The molecule has 178 valence electrons. The smallest absolute Gasteiger partial charge is 0.338 e. The first-order valence-corrected chi connectivity index (χ1v) is 11.7. The van der Waals surface area contributed by atoms with E-state index in [1.807, 2.05) is 13.0 Å². The van der Waals surface area contributed by atoms with E-state index in [2.05, 4.69) is 10.3 Å². The second-order valence-corrected chi connectivity index (χ2v) is 8.35. The zero-order chi connectivity index (χ0) is 24.1. The quantitative estimate of drug-likeness (QED) is 0.553. The molecule has 34 heavy (non-hydrogen) atoms. The topological polar surface area (TPSA) is 99.5 Å². The van der Waals surface area contributed by atoms with E-state index < -0.39 is 18.0 Å². The van der Waals surface area contributed by atoms with Crippen LogP contribution < -0.4 is 15.6 Å². The minimum Gasteiger partial charge on any atom is -0.492 e. The number of fused-ring (bicyclic) bond motifs is 2. The molecule has 4 rings (SSSR count). The lowest BCUT2D eigenvalue weighted by molar-refractivity contribution is -0.123. The number of hydrogen-bond donors (Lipinski definition) is 1. The number of benzene rings is 2. The number of nitrogens with one attached hydrogen (secondary N) is 1. The molecule has 0 radical (unpaired) electrons. The molecule has 0 aliphatic carbocycles. The monoisotopic (exact) mass is 463 g/mol. The van der Waals surface area contributed by atoms with Crippen molar-refractivity contribution in [2.45, 2.75) is 58.6 Å². The van der Waals surface area contributed by atoms with Gasteiger partial charge in [0.2, 0.25) is 0 Å². The van der Waals surface area contributed by atoms with Gasteiger partial charge in [-0.05, 0) is 57.0 Å². The van der Waals surface area contributed by atoms with E-state index in [0.717, 1.165) is 37.9 Å². The Balaban J connectivity index is 1.50. The van der Waals surface area contributed by atoms with Crippen LogP contribution in [0.4, 0.5) is 5.69 Å². The lowest BCUT2D eigenvalue weighted by atomic mass is 10.1. The Bertz CT molecular complexity index is 1270. The van der Waals surface area contributed by atoms with Crippen LogP contribution in [0.3, 0.4) is 0 Å². The molecule has 1 unspecified atom stereocenters. The Morgan fingerprint density at radius 2 is 1.91 bits per heavy atom. The molecular weight excluding hydrogens is 434 g/mol. The summed E-state index contributed by atoms with van der Waals surface area (Å²) in [5.74, 6) is 0.164. The third-order valence-electron chi connectivity index (χ3n) is 5.90. The van der Waals surface area contributed by atoms with Crippen LogP contribution in [0.1, 0.15) is 55.7 Å². The number of rotatable bonds is 6. The Morgan fingerprint density at radius 1 is 1.12 bits per heavy atom. The predicted molar refractivity (Wildman–Crippen MR) is 129 cm³/mol. The van der Waals surface area contributed by atoms with Crippen LogP contribution in [0.25, 0.3) is 10.9 Å². The molecule has 1 aromatic heterocycles. The summed E-state index contributed by atoms with van der Waals surface area (Å²) >= 11 is 0. The van der Waals surface area contributed by atoms with Crippen molar-refractivity contribution in [2.75, 3.05) is 11.9 Å². The van der Waals surface area contributed by atoms with Gasteiger partial charge in [-0.2, -0.15) is 0 Å². The standard InChI is InChI=1S/C26H29N3O5/c1-3-33-22-11-8-7-10-20(22)28-24(30)17(2)34-26(32)18-13-14-19-21(16-18)27-23-12-6-4-5-9-15-29(23)25(19)31/h7-8,10-11,13-14,16-17H,3-6,9,12,15H2,1-2H3,(H,28,30). The zero-order valence-corrected chi connectivity index (χ0v) is 19.5. The van der Waals surface area contributed by atoms with E-state index in [4.69, 9.17) is 9.47 Å². The van der Waals surface area contributed by atoms with Crippen molar-refractivity contribution in [3.05, 3.63) is 64.2 Å². The molecular formula is C26H29N3O5. The maximum atomic E-state index is 13.0. The number of ether oxygens (including phenoxy) is 2. The number of carbonyl (C=O) groups is 2. The van der Waals surface area contributed by atoms with Gasteiger partial charge >= 0.3 is 5.97 Å². The van der Waals surface area contributed by atoms with Gasteiger partial charge in [-0.15, -0.1) is 0 Å². The van der Waals surface area contributed by atoms with Gasteiger partial charge in [0.25, 0.3) is 11.5 Å². The van der Waals surface area contributed by atoms with Crippen LogP contribution >= 0.6 is 0 Å². The first kappa shape index (κ1) is 23.5. The number of carbonyl (C=O) groups excluding carboxylic acids is 2. The van der Waals surface area contributed by atoms with E-state index >= 15 is 0 Å². The first-order chi connectivity index (χ1) is 16.5. The lowest BCUT2D eigenvalue weighted by Crippen LogP contribution is -2.30. The van der Waals surface area contributed by atoms with Crippen LogP contribution in [-0.4, -0.2) is 34.1 Å². The normalized spacial score (nSPS) is 14.4. The average Bonchev–Trinajstić information content (AvgIpc) is 2.81. The number of amides is 1. The molecule has 0 saturated carbocycles. The van der Waals surface area contributed by atoms with E-state index in [-0.39, 0.29) is 11.1 Å². The van der Waals surface area contributed by atoms with Gasteiger partial charge in [-0.3, -0.25) is 14.2 Å². The summed E-state index contributed by atoms with van der Waals surface area (Å²) in [6, 6.07) is 11.8. The Labute approximate surface area is 197 Å². The van der Waals surface area contributed by atoms with Crippen molar-refractivity contribution >= 4 is 28.5 Å². The molecule has 0 spiro atoms. The Hall–Kier alpha value is -3.68. The molecule has 2 heterocycles. The molecule has 1 N–H and O–H groups in total. The van der Waals surface area contributed by atoms with Crippen LogP contribution in [0, 0.1) is 0 Å². The SMILES string of the molecule is CCOc1ccccc1NC(=O)C(C)OC(=O)c1ccc2c(=O)n3c(nc2c1)CCCCCC3. The molecule has 1 aliphatic rings. The molecule has 1 aliphatic heterocycles. The second kappa shape index (κ2) is 10.5. The highest BCUT2D eigenvalue weighted by Gasteiger charge is 2.21. The van der Waals surface area contributed by atoms with Gasteiger partial charge in [-0.25, -0.2) is 9.78 Å². The number of aryl methyl sites for hydroxylation is 1. The number of hydrogen-bond acceptors (Lipinski definition) is 6. The van der Waals surface area contributed by atoms with Crippen LogP contribution in [0.5, 0.6) is 5.75 Å². The summed E-state index contributed by atoms with van der Waals surface area (Å²) < 4.78 is 12.7. The van der Waals surface area contributed by atoms with E-state index in [1.54, 1.807) is 41.0 Å². The van der Waals surface area contributed by atoms with Crippen LogP contribution in [0.15, 0.2) is 47.3 Å². The number of aromatic nitrogens is 2. The van der Waals surface area contributed by atoms with E-state index in [0.29, 0.717) is 35.5 Å². The average molecular weight is 464 g/mol. The maximum Gasteiger partial charge on any atom is 0.338 e. The van der Waals surface area contributed by atoms with Gasteiger partial charge in [0.1, 0.15) is 11.6 Å². The fraction of sp³-hybridized carbons (Fsp3) is 0.385. The molecule has 3 aromatic rings. The van der Waals surface area contributed by atoms with Crippen molar-refractivity contribution in [1.29, 1.82) is 0 Å². The highest BCUT2D eigenvalue weighted by molar-refractivity contribution is 5.99. The highest BCUT2D eigenvalue weighted by atomic mass is 16.5. The molecule has 8 heteroatoms. The van der Waals surface area contributed by atoms with Gasteiger partial charge < -0.3 is 14.8 Å². The fourth-order valence-corrected chi connectivity index (χ4v) is 4.09. The molecule has 1 atom stereocenters. The molecule has 1 amide bonds. The van der Waals surface area contributed by atoms with Crippen LogP contribution in [-0.2, 0) is 22.5 Å². The molecule has 0 fully saturated rings. The second-order valence-electron chi connectivity index (χ2n) is 8.35. The maximum absolute atomic E-state index is 13.0. The largest absolute Gasteiger partial charge is 0.492 e. The highest BCUT2D eigenvalue weighted by Crippen LogP contribution is 2.24. The number of nitrogens with zero attached hydrogens (tertiary/aromatic N) is 2. The Kier molecular flexibility index (Phi) is 7.25. The molecule has 8 nitrogen and oxygen atoms in total. The minimum atomic E-state index is -1.03. The predicted octanol–water partition coefficient (Wildman–Crippen LogP) is 4.10. The number of anilines is 1. The molecule has 0 bridgehead atoms. The first-order valence-electron chi connectivity index (χ1n) is 11.7. The van der Waals surface area contributed by atoms with Gasteiger partial charge in [0.05, 0.1) is 28.8 Å². The third-order valence-corrected chi connectivity index (χ3v) is 5.90. The minimum absolute atomic E-state index is 0.0810. The van der Waals surface area contributed by atoms with Crippen molar-refractivity contribution in [3.63, 3.8) is 0 Å². The molecule has 2 aromatic carbocycles. The van der Waals surface area contributed by atoms with Crippen molar-refractivity contribution in [1.82, 2.24) is 9.55 Å². The van der Waals surface area contributed by atoms with Crippen molar-refractivity contribution < 1.29 is 19.1 Å².